The Bertz CT molecular complexity index is 364. The molecule has 0 aromatic heterocycles. The summed E-state index contributed by atoms with van der Waals surface area (Å²) < 4.78 is 0. The highest BCUT2D eigenvalue weighted by Crippen LogP contribution is 2.38. The normalized spacial score (nSPS) is 25.9. The third kappa shape index (κ3) is 3.35. The van der Waals surface area contributed by atoms with E-state index in [4.69, 9.17) is 0 Å². The Balaban J connectivity index is 1.93. The van der Waals surface area contributed by atoms with Crippen LogP contribution in [0.15, 0.2) is 24.3 Å². The number of aliphatic hydroxyl groups excluding tert-OH is 1. The first kappa shape index (κ1) is 13.6. The minimum atomic E-state index is -0.257. The van der Waals surface area contributed by atoms with Crippen LogP contribution in [0.1, 0.15) is 62.7 Å². The van der Waals surface area contributed by atoms with Crippen LogP contribution in [0.2, 0.25) is 0 Å². The van der Waals surface area contributed by atoms with Gasteiger partial charge in [-0.25, -0.2) is 0 Å². The standard InChI is InChI=1S/C17H26O/c1-3-5-14-8-10-15(11-9-14)17(18)16-7-4-6-13(2)12-16/h4,6-7,12,14-15,17-18H,3,5,8-11H2,1-2H3. The Hall–Kier alpha value is -0.820. The Morgan fingerprint density at radius 1 is 1.22 bits per heavy atom. The van der Waals surface area contributed by atoms with Crippen molar-refractivity contribution in [1.82, 2.24) is 0 Å². The Labute approximate surface area is 111 Å². The van der Waals surface area contributed by atoms with Crippen molar-refractivity contribution in [2.75, 3.05) is 0 Å². The number of benzene rings is 1. The van der Waals surface area contributed by atoms with Crippen molar-refractivity contribution in [2.45, 2.75) is 58.5 Å². The van der Waals surface area contributed by atoms with Crippen LogP contribution in [0.3, 0.4) is 0 Å². The molecule has 18 heavy (non-hydrogen) atoms. The first-order valence-corrected chi connectivity index (χ1v) is 7.45. The smallest absolute Gasteiger partial charge is 0.0818 e. The summed E-state index contributed by atoms with van der Waals surface area (Å²) in [5, 5.41) is 10.5. The van der Waals surface area contributed by atoms with Gasteiger partial charge in [0.05, 0.1) is 6.10 Å². The summed E-state index contributed by atoms with van der Waals surface area (Å²) in [6, 6.07) is 8.34. The first-order chi connectivity index (χ1) is 8.70. The highest BCUT2D eigenvalue weighted by molar-refractivity contribution is 5.24. The van der Waals surface area contributed by atoms with Crippen molar-refractivity contribution in [3.05, 3.63) is 35.4 Å². The highest BCUT2D eigenvalue weighted by Gasteiger charge is 2.26. The van der Waals surface area contributed by atoms with E-state index in [1.165, 1.54) is 44.1 Å². The molecule has 0 saturated heterocycles. The van der Waals surface area contributed by atoms with E-state index in [0.717, 1.165) is 11.5 Å². The third-order valence-corrected chi connectivity index (χ3v) is 4.42. The van der Waals surface area contributed by atoms with Crippen LogP contribution in [0.5, 0.6) is 0 Å². The predicted molar refractivity (Wildman–Crippen MR) is 76.5 cm³/mol. The van der Waals surface area contributed by atoms with Gasteiger partial charge in [-0.05, 0) is 37.2 Å². The third-order valence-electron chi connectivity index (χ3n) is 4.42. The lowest BCUT2D eigenvalue weighted by Gasteiger charge is -2.31. The van der Waals surface area contributed by atoms with Gasteiger partial charge >= 0.3 is 0 Å². The van der Waals surface area contributed by atoms with Crippen LogP contribution in [0.25, 0.3) is 0 Å². The molecular weight excluding hydrogens is 220 g/mol. The maximum absolute atomic E-state index is 10.5. The summed E-state index contributed by atoms with van der Waals surface area (Å²) in [5.41, 5.74) is 2.35. The van der Waals surface area contributed by atoms with Crippen LogP contribution < -0.4 is 0 Å². The van der Waals surface area contributed by atoms with Gasteiger partial charge in [-0.1, -0.05) is 62.4 Å². The van der Waals surface area contributed by atoms with Crippen molar-refractivity contribution in [3.63, 3.8) is 0 Å². The van der Waals surface area contributed by atoms with E-state index < -0.39 is 0 Å². The molecule has 1 aliphatic carbocycles. The number of rotatable bonds is 4. The van der Waals surface area contributed by atoms with E-state index in [1.807, 2.05) is 0 Å². The maximum Gasteiger partial charge on any atom is 0.0818 e. The summed E-state index contributed by atoms with van der Waals surface area (Å²) in [6.07, 6.45) is 7.42. The zero-order valence-corrected chi connectivity index (χ0v) is 11.7. The summed E-state index contributed by atoms with van der Waals surface area (Å²) in [5.74, 6) is 1.39. The van der Waals surface area contributed by atoms with Gasteiger partial charge in [0.25, 0.3) is 0 Å². The van der Waals surface area contributed by atoms with E-state index in [9.17, 15) is 5.11 Å². The average molecular weight is 246 g/mol. The molecule has 0 amide bonds. The van der Waals surface area contributed by atoms with Crippen molar-refractivity contribution >= 4 is 0 Å². The largest absolute Gasteiger partial charge is 0.388 e. The van der Waals surface area contributed by atoms with E-state index in [0.29, 0.717) is 5.92 Å². The summed E-state index contributed by atoms with van der Waals surface area (Å²) in [6.45, 7) is 4.36. The van der Waals surface area contributed by atoms with Gasteiger partial charge in [-0.3, -0.25) is 0 Å². The molecule has 1 aliphatic rings. The minimum Gasteiger partial charge on any atom is -0.388 e. The molecule has 1 saturated carbocycles. The second-order valence-corrected chi connectivity index (χ2v) is 5.93. The van der Waals surface area contributed by atoms with Crippen LogP contribution in [0.4, 0.5) is 0 Å². The fourth-order valence-electron chi connectivity index (χ4n) is 3.33. The highest BCUT2D eigenvalue weighted by atomic mass is 16.3. The molecule has 1 nitrogen and oxygen atoms in total. The molecule has 1 fully saturated rings. The maximum atomic E-state index is 10.5. The zero-order valence-electron chi connectivity index (χ0n) is 11.7. The molecule has 0 bridgehead atoms. The van der Waals surface area contributed by atoms with E-state index in [-0.39, 0.29) is 6.10 Å². The van der Waals surface area contributed by atoms with Gasteiger partial charge in [0.15, 0.2) is 0 Å². The van der Waals surface area contributed by atoms with Gasteiger partial charge in [-0.2, -0.15) is 0 Å². The lowest BCUT2D eigenvalue weighted by atomic mass is 9.76. The molecule has 2 rings (SSSR count). The van der Waals surface area contributed by atoms with Crippen LogP contribution in [-0.4, -0.2) is 5.11 Å². The van der Waals surface area contributed by atoms with Gasteiger partial charge < -0.3 is 5.11 Å². The molecule has 1 aromatic rings. The van der Waals surface area contributed by atoms with Crippen molar-refractivity contribution in [2.24, 2.45) is 11.8 Å². The van der Waals surface area contributed by atoms with Crippen molar-refractivity contribution in [1.29, 1.82) is 0 Å². The zero-order chi connectivity index (χ0) is 13.0. The molecule has 1 N–H and O–H groups in total. The number of hydrogen-bond donors (Lipinski definition) is 1. The number of aliphatic hydroxyl groups is 1. The monoisotopic (exact) mass is 246 g/mol. The lowest BCUT2D eigenvalue weighted by Crippen LogP contribution is -2.20. The predicted octanol–water partition coefficient (Wildman–Crippen LogP) is 4.63. The summed E-state index contributed by atoms with van der Waals surface area (Å²) in [7, 11) is 0. The molecule has 1 unspecified atom stereocenters. The molecule has 1 aromatic carbocycles. The minimum absolute atomic E-state index is 0.257. The van der Waals surface area contributed by atoms with Crippen LogP contribution in [0, 0.1) is 18.8 Å². The average Bonchev–Trinajstić information content (AvgIpc) is 2.39. The lowest BCUT2D eigenvalue weighted by molar-refractivity contribution is 0.0722. The second-order valence-electron chi connectivity index (χ2n) is 5.93. The fraction of sp³-hybridized carbons (Fsp3) is 0.647. The topological polar surface area (TPSA) is 20.2 Å². The van der Waals surface area contributed by atoms with Crippen LogP contribution >= 0.6 is 0 Å². The van der Waals surface area contributed by atoms with Gasteiger partial charge in [0.1, 0.15) is 0 Å². The molecule has 0 heterocycles. The second kappa shape index (κ2) is 6.38. The Morgan fingerprint density at radius 2 is 1.94 bits per heavy atom. The Kier molecular flexibility index (Phi) is 4.82. The van der Waals surface area contributed by atoms with E-state index in [2.05, 4.69) is 38.1 Å². The van der Waals surface area contributed by atoms with Crippen molar-refractivity contribution < 1.29 is 5.11 Å². The molecule has 1 atom stereocenters. The molecule has 0 spiro atoms. The summed E-state index contributed by atoms with van der Waals surface area (Å²) in [4.78, 5) is 0. The SMILES string of the molecule is CCCC1CCC(C(O)c2cccc(C)c2)CC1. The van der Waals surface area contributed by atoms with Crippen LogP contribution in [-0.2, 0) is 0 Å². The fourth-order valence-corrected chi connectivity index (χ4v) is 3.33. The van der Waals surface area contributed by atoms with E-state index >= 15 is 0 Å². The molecular formula is C17H26O. The quantitative estimate of drug-likeness (QED) is 0.821. The molecule has 1 heteroatoms. The number of hydrogen-bond acceptors (Lipinski definition) is 1. The van der Waals surface area contributed by atoms with Gasteiger partial charge in [0, 0.05) is 0 Å². The number of aryl methyl sites for hydroxylation is 1. The van der Waals surface area contributed by atoms with Gasteiger partial charge in [0.2, 0.25) is 0 Å². The molecule has 0 radical (unpaired) electrons. The summed E-state index contributed by atoms with van der Waals surface area (Å²) >= 11 is 0. The van der Waals surface area contributed by atoms with Crippen molar-refractivity contribution in [3.8, 4) is 0 Å². The van der Waals surface area contributed by atoms with E-state index in [1.54, 1.807) is 0 Å². The molecule has 100 valence electrons. The van der Waals surface area contributed by atoms with Gasteiger partial charge in [-0.15, -0.1) is 0 Å². The first-order valence-electron chi connectivity index (χ1n) is 7.45. The Morgan fingerprint density at radius 3 is 2.56 bits per heavy atom. The molecule has 0 aliphatic heterocycles.